The molecule has 1 aliphatic heterocycles. The zero-order valence-electron chi connectivity index (χ0n) is 8.06. The average Bonchev–Trinajstić information content (AvgIpc) is 2.16. The molecule has 0 radical (unpaired) electrons. The highest BCUT2D eigenvalue weighted by molar-refractivity contribution is 5.81. The first-order valence-electron chi connectivity index (χ1n) is 4.52. The fraction of sp³-hybridized carbons (Fsp3) is 0.750. The van der Waals surface area contributed by atoms with Crippen molar-refractivity contribution < 1.29 is 14.7 Å². The Kier molecular flexibility index (Phi) is 3.43. The van der Waals surface area contributed by atoms with Gasteiger partial charge in [-0.1, -0.05) is 0 Å². The summed E-state index contributed by atoms with van der Waals surface area (Å²) < 4.78 is 0. The molecular weight excluding hydrogens is 186 g/mol. The van der Waals surface area contributed by atoms with Gasteiger partial charge in [0.25, 0.3) is 0 Å². The van der Waals surface area contributed by atoms with Crippen molar-refractivity contribution in [3.05, 3.63) is 0 Å². The van der Waals surface area contributed by atoms with Crippen LogP contribution in [0.2, 0.25) is 0 Å². The quantitative estimate of drug-likeness (QED) is 0.501. The number of carboxylic acid groups (broad SMARTS) is 1. The van der Waals surface area contributed by atoms with Crippen molar-refractivity contribution in [2.75, 3.05) is 19.6 Å². The minimum absolute atomic E-state index is 0.354. The Morgan fingerprint density at radius 1 is 1.64 bits per heavy atom. The zero-order valence-corrected chi connectivity index (χ0v) is 8.06. The van der Waals surface area contributed by atoms with E-state index in [0.29, 0.717) is 19.6 Å². The third-order valence-electron chi connectivity index (χ3n) is 2.48. The number of aliphatic carboxylic acids is 1. The van der Waals surface area contributed by atoms with Crippen LogP contribution >= 0.6 is 0 Å². The van der Waals surface area contributed by atoms with Gasteiger partial charge in [0, 0.05) is 19.6 Å². The molecule has 1 fully saturated rings. The molecule has 0 aliphatic carbocycles. The summed E-state index contributed by atoms with van der Waals surface area (Å²) in [5.74, 6) is -1.41. The second-order valence-electron chi connectivity index (χ2n) is 3.37. The molecule has 0 saturated carbocycles. The summed E-state index contributed by atoms with van der Waals surface area (Å²) in [6.07, 6.45) is 0. The minimum Gasteiger partial charge on any atom is -0.480 e. The number of carboxylic acids is 1. The molecule has 14 heavy (non-hydrogen) atoms. The van der Waals surface area contributed by atoms with Crippen LogP contribution < -0.4 is 11.1 Å². The number of carbonyl (C=O) groups is 2. The predicted octanol–water partition coefficient (Wildman–Crippen LogP) is -1.78. The number of rotatable bonds is 3. The van der Waals surface area contributed by atoms with Gasteiger partial charge in [0.2, 0.25) is 5.91 Å². The van der Waals surface area contributed by atoms with E-state index in [-0.39, 0.29) is 0 Å². The van der Waals surface area contributed by atoms with Gasteiger partial charge in [-0.3, -0.25) is 14.5 Å². The SMILES string of the molecule is CC(C(N)=O)N1CCNCC1C(=O)O. The Morgan fingerprint density at radius 3 is 2.79 bits per heavy atom. The molecule has 0 spiro atoms. The van der Waals surface area contributed by atoms with Crippen LogP contribution in [-0.2, 0) is 9.59 Å². The average molecular weight is 201 g/mol. The summed E-state index contributed by atoms with van der Waals surface area (Å²) in [6.45, 7) is 3.19. The number of piperazine rings is 1. The van der Waals surface area contributed by atoms with Crippen molar-refractivity contribution >= 4 is 11.9 Å². The van der Waals surface area contributed by atoms with E-state index in [0.717, 1.165) is 0 Å². The molecular formula is C8H15N3O3. The molecule has 0 aromatic heterocycles. The molecule has 80 valence electrons. The van der Waals surface area contributed by atoms with Crippen LogP contribution in [0.5, 0.6) is 0 Å². The largest absolute Gasteiger partial charge is 0.480 e. The minimum atomic E-state index is -0.926. The Hall–Kier alpha value is -1.14. The van der Waals surface area contributed by atoms with Crippen molar-refractivity contribution in [2.24, 2.45) is 5.73 Å². The van der Waals surface area contributed by atoms with E-state index < -0.39 is 24.0 Å². The number of primary amides is 1. The van der Waals surface area contributed by atoms with Crippen molar-refractivity contribution in [1.82, 2.24) is 10.2 Å². The lowest BCUT2D eigenvalue weighted by atomic mass is 10.1. The topological polar surface area (TPSA) is 95.7 Å². The van der Waals surface area contributed by atoms with Crippen LogP contribution in [0.15, 0.2) is 0 Å². The molecule has 2 unspecified atom stereocenters. The van der Waals surface area contributed by atoms with Crippen LogP contribution in [0.1, 0.15) is 6.92 Å². The first kappa shape index (κ1) is 10.9. The molecule has 6 heteroatoms. The van der Waals surface area contributed by atoms with E-state index >= 15 is 0 Å². The lowest BCUT2D eigenvalue weighted by molar-refractivity contribution is -0.146. The molecule has 0 aromatic rings. The first-order valence-corrected chi connectivity index (χ1v) is 4.52. The molecule has 1 saturated heterocycles. The number of nitrogens with zero attached hydrogens (tertiary/aromatic N) is 1. The summed E-state index contributed by atoms with van der Waals surface area (Å²) in [5, 5.41) is 11.9. The summed E-state index contributed by atoms with van der Waals surface area (Å²) in [4.78, 5) is 23.4. The molecule has 2 atom stereocenters. The molecule has 0 aromatic carbocycles. The summed E-state index contributed by atoms with van der Waals surface area (Å²) in [6, 6.07) is -1.19. The number of carbonyl (C=O) groups excluding carboxylic acids is 1. The van der Waals surface area contributed by atoms with E-state index in [1.165, 1.54) is 0 Å². The van der Waals surface area contributed by atoms with E-state index in [2.05, 4.69) is 5.32 Å². The van der Waals surface area contributed by atoms with Crippen LogP contribution in [0.3, 0.4) is 0 Å². The first-order chi connectivity index (χ1) is 6.54. The maximum atomic E-state index is 10.9. The van der Waals surface area contributed by atoms with Gasteiger partial charge in [-0.25, -0.2) is 0 Å². The lowest BCUT2D eigenvalue weighted by Crippen LogP contribution is -2.60. The van der Waals surface area contributed by atoms with Crippen molar-refractivity contribution in [1.29, 1.82) is 0 Å². The van der Waals surface area contributed by atoms with Gasteiger partial charge in [-0.15, -0.1) is 0 Å². The second-order valence-corrected chi connectivity index (χ2v) is 3.37. The maximum Gasteiger partial charge on any atom is 0.322 e. The van der Waals surface area contributed by atoms with E-state index in [1.54, 1.807) is 11.8 Å². The van der Waals surface area contributed by atoms with Gasteiger partial charge < -0.3 is 16.2 Å². The van der Waals surface area contributed by atoms with Crippen molar-refractivity contribution in [2.45, 2.75) is 19.0 Å². The third kappa shape index (κ3) is 2.21. The van der Waals surface area contributed by atoms with Gasteiger partial charge in [0.15, 0.2) is 0 Å². The Morgan fingerprint density at radius 2 is 2.29 bits per heavy atom. The Labute approximate surface area is 82.1 Å². The maximum absolute atomic E-state index is 10.9. The number of hydrogen-bond donors (Lipinski definition) is 3. The van der Waals surface area contributed by atoms with E-state index in [4.69, 9.17) is 10.8 Å². The highest BCUT2D eigenvalue weighted by atomic mass is 16.4. The third-order valence-corrected chi connectivity index (χ3v) is 2.48. The van der Waals surface area contributed by atoms with E-state index in [9.17, 15) is 9.59 Å². The summed E-state index contributed by atoms with van der Waals surface area (Å²) in [5.41, 5.74) is 5.14. The predicted molar refractivity (Wildman–Crippen MR) is 49.7 cm³/mol. The standard InChI is InChI=1S/C8H15N3O3/c1-5(7(9)12)11-3-2-10-4-6(11)8(13)14/h5-6,10H,2-4H2,1H3,(H2,9,12)(H,13,14). The number of hydrogen-bond acceptors (Lipinski definition) is 4. The van der Waals surface area contributed by atoms with Crippen LogP contribution in [0.25, 0.3) is 0 Å². The van der Waals surface area contributed by atoms with Crippen LogP contribution in [-0.4, -0.2) is 53.6 Å². The zero-order chi connectivity index (χ0) is 10.7. The molecule has 6 nitrogen and oxygen atoms in total. The van der Waals surface area contributed by atoms with Gasteiger partial charge in [0.1, 0.15) is 6.04 Å². The molecule has 1 rings (SSSR count). The number of nitrogens with two attached hydrogens (primary N) is 1. The molecule has 1 amide bonds. The highest BCUT2D eigenvalue weighted by Gasteiger charge is 2.33. The number of nitrogens with one attached hydrogen (secondary N) is 1. The molecule has 1 heterocycles. The highest BCUT2D eigenvalue weighted by Crippen LogP contribution is 2.08. The van der Waals surface area contributed by atoms with Crippen LogP contribution in [0.4, 0.5) is 0 Å². The Balaban J connectivity index is 2.72. The van der Waals surface area contributed by atoms with Gasteiger partial charge in [-0.05, 0) is 6.92 Å². The molecule has 4 N–H and O–H groups in total. The fourth-order valence-electron chi connectivity index (χ4n) is 1.58. The van der Waals surface area contributed by atoms with Crippen LogP contribution in [0, 0.1) is 0 Å². The lowest BCUT2D eigenvalue weighted by Gasteiger charge is -2.36. The van der Waals surface area contributed by atoms with Gasteiger partial charge >= 0.3 is 5.97 Å². The Bertz CT molecular complexity index is 244. The summed E-state index contributed by atoms with van der Waals surface area (Å²) >= 11 is 0. The van der Waals surface area contributed by atoms with E-state index in [1.807, 2.05) is 0 Å². The molecule has 0 bridgehead atoms. The smallest absolute Gasteiger partial charge is 0.322 e. The second kappa shape index (κ2) is 4.39. The molecule has 1 aliphatic rings. The number of amides is 1. The van der Waals surface area contributed by atoms with Crippen molar-refractivity contribution in [3.8, 4) is 0 Å². The van der Waals surface area contributed by atoms with Crippen molar-refractivity contribution in [3.63, 3.8) is 0 Å². The summed E-state index contributed by atoms with van der Waals surface area (Å²) in [7, 11) is 0. The van der Waals surface area contributed by atoms with Gasteiger partial charge in [0.05, 0.1) is 6.04 Å². The fourth-order valence-corrected chi connectivity index (χ4v) is 1.58. The normalized spacial score (nSPS) is 25.6. The van der Waals surface area contributed by atoms with Gasteiger partial charge in [-0.2, -0.15) is 0 Å². The monoisotopic (exact) mass is 201 g/mol.